The lowest BCUT2D eigenvalue weighted by molar-refractivity contribution is 0.319. The van der Waals surface area contributed by atoms with Crippen molar-refractivity contribution in [1.82, 2.24) is 24.1 Å². The zero-order chi connectivity index (χ0) is 19.5. The average molecular weight is 413 g/mol. The van der Waals surface area contributed by atoms with E-state index in [9.17, 15) is 0 Å². The lowest BCUT2D eigenvalue weighted by atomic mass is 10.2. The second kappa shape index (κ2) is 8.04. The normalized spacial score (nSPS) is 11.9. The number of rotatable bonds is 5. The molecule has 9 heteroatoms. The standard InChI is InChI=1S/C19H17ClN6OS/c1-13-10-17(24-27-15-6-4-3-5-7-15)26-19(22-18(23-26)28-2)25(13)12-14-8-9-16(20)21-11-14/h3-11H,12H2,1-2H3/b24-17+. The predicted molar refractivity (Wildman–Crippen MR) is 108 cm³/mol. The fourth-order valence-corrected chi connectivity index (χ4v) is 3.16. The van der Waals surface area contributed by atoms with Gasteiger partial charge in [0.25, 0.3) is 0 Å². The molecule has 0 fully saturated rings. The molecule has 3 heterocycles. The number of nitrogens with zero attached hydrogens (tertiary/aromatic N) is 6. The number of hydrogen-bond donors (Lipinski definition) is 0. The highest BCUT2D eigenvalue weighted by atomic mass is 35.5. The zero-order valence-electron chi connectivity index (χ0n) is 15.3. The minimum absolute atomic E-state index is 0.468. The predicted octanol–water partition coefficient (Wildman–Crippen LogP) is 3.55. The first kappa shape index (κ1) is 18.5. The van der Waals surface area contributed by atoms with Gasteiger partial charge in [0.2, 0.25) is 10.9 Å². The van der Waals surface area contributed by atoms with Crippen LogP contribution in [0.25, 0.3) is 5.78 Å². The van der Waals surface area contributed by atoms with Crippen LogP contribution in [0.1, 0.15) is 11.3 Å². The van der Waals surface area contributed by atoms with Gasteiger partial charge >= 0.3 is 0 Å². The number of aryl methyl sites for hydroxylation is 1. The van der Waals surface area contributed by atoms with E-state index in [4.69, 9.17) is 16.4 Å². The largest absolute Gasteiger partial charge is 0.355 e. The fraction of sp³-hybridized carbons (Fsp3) is 0.158. The SMILES string of the molecule is CSc1nc2n(Cc3ccc(Cl)nc3)c(C)c/c(=N\Oc3ccccc3)n2n1. The summed E-state index contributed by atoms with van der Waals surface area (Å²) in [6.07, 6.45) is 3.69. The summed E-state index contributed by atoms with van der Waals surface area (Å²) in [5.41, 5.74) is 2.55. The molecule has 0 unspecified atom stereocenters. The Kier molecular flexibility index (Phi) is 5.31. The van der Waals surface area contributed by atoms with E-state index in [-0.39, 0.29) is 0 Å². The molecular weight excluding hydrogens is 396 g/mol. The van der Waals surface area contributed by atoms with Crippen molar-refractivity contribution in [1.29, 1.82) is 0 Å². The van der Waals surface area contributed by atoms with E-state index in [1.807, 2.05) is 55.6 Å². The van der Waals surface area contributed by atoms with Gasteiger partial charge in [0, 0.05) is 18.0 Å². The summed E-state index contributed by atoms with van der Waals surface area (Å²) in [4.78, 5) is 14.4. The van der Waals surface area contributed by atoms with Gasteiger partial charge in [0.15, 0.2) is 11.2 Å². The number of fused-ring (bicyclic) bond motifs is 1. The Bertz CT molecular complexity index is 1170. The Labute approximate surface area is 170 Å². The summed E-state index contributed by atoms with van der Waals surface area (Å²) in [6.45, 7) is 2.59. The second-order valence-corrected chi connectivity index (χ2v) is 7.19. The number of benzene rings is 1. The van der Waals surface area contributed by atoms with E-state index in [1.54, 1.807) is 16.8 Å². The van der Waals surface area contributed by atoms with Crippen LogP contribution in [0.2, 0.25) is 5.15 Å². The highest BCUT2D eigenvalue weighted by Gasteiger charge is 2.12. The molecule has 0 aliphatic heterocycles. The zero-order valence-corrected chi connectivity index (χ0v) is 16.9. The molecule has 4 rings (SSSR count). The van der Waals surface area contributed by atoms with Gasteiger partial charge in [-0.2, -0.15) is 9.50 Å². The molecule has 0 atom stereocenters. The van der Waals surface area contributed by atoms with Crippen molar-refractivity contribution < 1.29 is 4.84 Å². The van der Waals surface area contributed by atoms with Gasteiger partial charge in [0.1, 0.15) is 5.15 Å². The first-order chi connectivity index (χ1) is 13.6. The van der Waals surface area contributed by atoms with Gasteiger partial charge in [-0.25, -0.2) is 4.98 Å². The van der Waals surface area contributed by atoms with Crippen LogP contribution in [0.5, 0.6) is 5.75 Å². The van der Waals surface area contributed by atoms with Crippen LogP contribution in [-0.4, -0.2) is 30.4 Å². The third-order valence-corrected chi connectivity index (χ3v) is 4.85. The number of aromatic nitrogens is 5. The van der Waals surface area contributed by atoms with Gasteiger partial charge in [0.05, 0.1) is 6.54 Å². The summed E-state index contributed by atoms with van der Waals surface area (Å²) in [6, 6.07) is 15.0. The summed E-state index contributed by atoms with van der Waals surface area (Å²) in [5.74, 6) is 1.33. The molecule has 7 nitrogen and oxygen atoms in total. The smallest absolute Gasteiger partial charge is 0.235 e. The molecule has 1 aromatic carbocycles. The van der Waals surface area contributed by atoms with Crippen LogP contribution in [0.15, 0.2) is 65.0 Å². The number of thioether (sulfide) groups is 1. The molecule has 3 aromatic heterocycles. The maximum absolute atomic E-state index is 5.90. The number of para-hydroxylation sites is 1. The second-order valence-electron chi connectivity index (χ2n) is 6.03. The average Bonchev–Trinajstić information content (AvgIpc) is 3.16. The van der Waals surface area contributed by atoms with Crippen LogP contribution >= 0.6 is 23.4 Å². The minimum atomic E-state index is 0.468. The Morgan fingerprint density at radius 3 is 2.71 bits per heavy atom. The highest BCUT2D eigenvalue weighted by Crippen LogP contribution is 2.14. The minimum Gasteiger partial charge on any atom is -0.355 e. The van der Waals surface area contributed by atoms with Gasteiger partial charge in [-0.1, -0.05) is 52.8 Å². The summed E-state index contributed by atoms with van der Waals surface area (Å²) < 4.78 is 3.74. The lowest BCUT2D eigenvalue weighted by Crippen LogP contribution is -2.23. The van der Waals surface area contributed by atoms with Gasteiger partial charge < -0.3 is 9.40 Å². The van der Waals surface area contributed by atoms with E-state index in [0.717, 1.165) is 11.3 Å². The summed E-state index contributed by atoms with van der Waals surface area (Å²) in [7, 11) is 0. The monoisotopic (exact) mass is 412 g/mol. The topological polar surface area (TPSA) is 69.6 Å². The molecule has 0 radical (unpaired) electrons. The van der Waals surface area contributed by atoms with Crippen LogP contribution in [0.4, 0.5) is 0 Å². The Balaban J connectivity index is 1.80. The van der Waals surface area contributed by atoms with Crippen molar-refractivity contribution in [3.63, 3.8) is 0 Å². The Morgan fingerprint density at radius 1 is 1.18 bits per heavy atom. The molecule has 0 spiro atoms. The molecule has 0 saturated heterocycles. The van der Waals surface area contributed by atoms with Crippen molar-refractivity contribution in [3.8, 4) is 5.75 Å². The Morgan fingerprint density at radius 2 is 2.00 bits per heavy atom. The van der Waals surface area contributed by atoms with Crippen molar-refractivity contribution in [3.05, 3.63) is 76.6 Å². The van der Waals surface area contributed by atoms with Crippen LogP contribution < -0.4 is 10.3 Å². The molecular formula is C19H17ClN6OS. The quantitative estimate of drug-likeness (QED) is 0.285. The Hall–Kier alpha value is -2.84. The van der Waals surface area contributed by atoms with E-state index in [2.05, 4.69) is 24.8 Å². The maximum atomic E-state index is 5.90. The molecule has 4 aromatic rings. The van der Waals surface area contributed by atoms with Crippen LogP contribution in [0.3, 0.4) is 0 Å². The number of pyridine rings is 1. The van der Waals surface area contributed by atoms with Gasteiger partial charge in [-0.05, 0) is 36.9 Å². The van der Waals surface area contributed by atoms with Crippen LogP contribution in [0, 0.1) is 6.92 Å². The molecule has 0 aliphatic carbocycles. The molecule has 0 aliphatic rings. The van der Waals surface area contributed by atoms with E-state index < -0.39 is 0 Å². The number of hydrogen-bond acceptors (Lipinski definition) is 6. The van der Waals surface area contributed by atoms with Crippen molar-refractivity contribution in [2.45, 2.75) is 18.6 Å². The molecule has 142 valence electrons. The highest BCUT2D eigenvalue weighted by molar-refractivity contribution is 7.98. The number of halogens is 1. The van der Waals surface area contributed by atoms with Gasteiger partial charge in [-0.15, -0.1) is 5.10 Å². The molecule has 0 N–H and O–H groups in total. The molecule has 0 saturated carbocycles. The van der Waals surface area contributed by atoms with E-state index in [1.165, 1.54) is 11.8 Å². The summed E-state index contributed by atoms with van der Waals surface area (Å²) >= 11 is 7.37. The summed E-state index contributed by atoms with van der Waals surface area (Å²) in [5, 5.41) is 9.94. The first-order valence-electron chi connectivity index (χ1n) is 8.52. The third-order valence-electron chi connectivity index (χ3n) is 4.09. The lowest BCUT2D eigenvalue weighted by Gasteiger charge is -2.12. The van der Waals surface area contributed by atoms with Crippen LogP contribution in [-0.2, 0) is 6.54 Å². The third kappa shape index (κ3) is 3.88. The maximum Gasteiger partial charge on any atom is 0.235 e. The molecule has 28 heavy (non-hydrogen) atoms. The first-order valence-corrected chi connectivity index (χ1v) is 10.1. The van der Waals surface area contributed by atoms with Crippen molar-refractivity contribution in [2.24, 2.45) is 5.16 Å². The molecule has 0 amide bonds. The van der Waals surface area contributed by atoms with E-state index in [0.29, 0.717) is 33.9 Å². The van der Waals surface area contributed by atoms with E-state index >= 15 is 0 Å². The van der Waals surface area contributed by atoms with Crippen molar-refractivity contribution >= 4 is 29.1 Å². The fourth-order valence-electron chi connectivity index (χ4n) is 2.71. The van der Waals surface area contributed by atoms with Crippen molar-refractivity contribution in [2.75, 3.05) is 6.26 Å². The molecule has 0 bridgehead atoms. The van der Waals surface area contributed by atoms with Gasteiger partial charge in [-0.3, -0.25) is 0 Å².